The highest BCUT2D eigenvalue weighted by molar-refractivity contribution is 6.33. The number of aromatic nitrogens is 2. The van der Waals surface area contributed by atoms with Crippen molar-refractivity contribution < 1.29 is 18.3 Å². The molecule has 1 aromatic carbocycles. The van der Waals surface area contributed by atoms with E-state index in [2.05, 4.69) is 14.7 Å². The van der Waals surface area contributed by atoms with Crippen LogP contribution in [0.25, 0.3) is 11.3 Å². The van der Waals surface area contributed by atoms with Gasteiger partial charge in [-0.25, -0.2) is 4.98 Å². The Bertz CT molecular complexity index is 664. The first-order valence-corrected chi connectivity index (χ1v) is 5.93. The lowest BCUT2D eigenvalue weighted by molar-refractivity contribution is -0.208. The summed E-state index contributed by atoms with van der Waals surface area (Å²) in [5.74, 6) is 0.328. The van der Waals surface area contributed by atoms with E-state index in [1.54, 1.807) is 0 Å². The highest BCUT2D eigenvalue weighted by Crippen LogP contribution is 2.42. The van der Waals surface area contributed by atoms with Crippen LogP contribution in [0.4, 0.5) is 14.6 Å². The molecular formula is C12H8ClF2N3O2. The summed E-state index contributed by atoms with van der Waals surface area (Å²) in [4.78, 5) is 7.97. The number of nitrogen functional groups attached to an aromatic ring is 1. The van der Waals surface area contributed by atoms with E-state index in [0.29, 0.717) is 11.3 Å². The maximum absolute atomic E-state index is 13.1. The Kier molecular flexibility index (Phi) is 2.86. The Morgan fingerprint density at radius 1 is 1.20 bits per heavy atom. The number of fused-ring (bicyclic) bond motifs is 1. The van der Waals surface area contributed by atoms with Crippen molar-refractivity contribution in [1.29, 1.82) is 0 Å². The molecule has 2 heterocycles. The summed E-state index contributed by atoms with van der Waals surface area (Å²) in [5, 5.41) is 0.198. The van der Waals surface area contributed by atoms with Crippen molar-refractivity contribution >= 4 is 17.4 Å². The van der Waals surface area contributed by atoms with Crippen molar-refractivity contribution in [3.8, 4) is 22.8 Å². The number of hydrogen-bond donors (Lipinski definition) is 1. The van der Waals surface area contributed by atoms with E-state index in [1.807, 2.05) is 0 Å². The SMILES string of the molecule is Nc1cnc(-c2cc3c(cc2Cl)OC(F)(F)CO3)cn1. The smallest absolute Gasteiger partial charge is 0.433 e. The van der Waals surface area contributed by atoms with Crippen LogP contribution >= 0.6 is 11.6 Å². The Morgan fingerprint density at radius 3 is 2.70 bits per heavy atom. The molecule has 1 aromatic heterocycles. The minimum absolute atomic E-state index is 0.113. The van der Waals surface area contributed by atoms with Gasteiger partial charge >= 0.3 is 6.11 Å². The molecule has 2 N–H and O–H groups in total. The third-order valence-electron chi connectivity index (χ3n) is 2.64. The molecule has 0 aliphatic carbocycles. The van der Waals surface area contributed by atoms with Gasteiger partial charge in [-0.1, -0.05) is 11.6 Å². The van der Waals surface area contributed by atoms with Crippen LogP contribution in [0.15, 0.2) is 24.5 Å². The molecule has 0 unspecified atom stereocenters. The summed E-state index contributed by atoms with van der Waals surface area (Å²) in [7, 11) is 0. The quantitative estimate of drug-likeness (QED) is 0.876. The molecule has 0 amide bonds. The van der Waals surface area contributed by atoms with E-state index in [1.165, 1.54) is 24.5 Å². The highest BCUT2D eigenvalue weighted by Gasteiger charge is 2.38. The molecule has 0 fully saturated rings. The monoisotopic (exact) mass is 299 g/mol. The van der Waals surface area contributed by atoms with Crippen LogP contribution in [0.1, 0.15) is 0 Å². The average molecular weight is 300 g/mol. The number of alkyl halides is 2. The number of nitrogens with zero attached hydrogens (tertiary/aromatic N) is 2. The molecule has 3 rings (SSSR count). The van der Waals surface area contributed by atoms with Gasteiger partial charge in [-0.15, -0.1) is 0 Å². The molecule has 5 nitrogen and oxygen atoms in total. The Morgan fingerprint density at radius 2 is 2.00 bits per heavy atom. The standard InChI is InChI=1S/C12H8ClF2N3O2/c13-7-2-10-9(19-5-12(14,15)20-10)1-6(7)8-3-18-11(16)4-17-8/h1-4H,5H2,(H2,16,18). The van der Waals surface area contributed by atoms with Crippen molar-refractivity contribution in [2.24, 2.45) is 0 Å². The number of hydrogen-bond acceptors (Lipinski definition) is 5. The molecule has 1 aliphatic heterocycles. The van der Waals surface area contributed by atoms with Gasteiger partial charge in [0.25, 0.3) is 0 Å². The first kappa shape index (κ1) is 12.9. The summed E-state index contributed by atoms with van der Waals surface area (Å²) >= 11 is 6.05. The number of halogens is 3. The van der Waals surface area contributed by atoms with Crippen LogP contribution in [-0.4, -0.2) is 22.7 Å². The van der Waals surface area contributed by atoms with Crippen LogP contribution in [0.3, 0.4) is 0 Å². The summed E-state index contributed by atoms with van der Waals surface area (Å²) in [6.45, 7) is -0.853. The van der Waals surface area contributed by atoms with Crippen LogP contribution in [-0.2, 0) is 0 Å². The van der Waals surface area contributed by atoms with E-state index >= 15 is 0 Å². The number of anilines is 1. The third-order valence-corrected chi connectivity index (χ3v) is 2.95. The topological polar surface area (TPSA) is 70.3 Å². The molecule has 104 valence electrons. The van der Waals surface area contributed by atoms with Gasteiger partial charge in [0.2, 0.25) is 0 Å². The predicted molar refractivity (Wildman–Crippen MR) is 68.0 cm³/mol. The van der Waals surface area contributed by atoms with Gasteiger partial charge in [0.15, 0.2) is 18.1 Å². The zero-order chi connectivity index (χ0) is 14.3. The van der Waals surface area contributed by atoms with Crippen LogP contribution in [0.2, 0.25) is 5.02 Å². The van der Waals surface area contributed by atoms with E-state index in [9.17, 15) is 8.78 Å². The molecule has 0 saturated carbocycles. The molecule has 0 atom stereocenters. The predicted octanol–water partition coefficient (Wildman–Crippen LogP) is 2.74. The first-order valence-electron chi connectivity index (χ1n) is 5.56. The first-order chi connectivity index (χ1) is 9.44. The fourth-order valence-electron chi connectivity index (χ4n) is 1.75. The lowest BCUT2D eigenvalue weighted by Gasteiger charge is -2.26. The lowest BCUT2D eigenvalue weighted by Crippen LogP contribution is -2.35. The van der Waals surface area contributed by atoms with E-state index in [-0.39, 0.29) is 22.3 Å². The molecule has 0 saturated heterocycles. The second-order valence-electron chi connectivity index (χ2n) is 4.13. The highest BCUT2D eigenvalue weighted by atomic mass is 35.5. The maximum atomic E-state index is 13.1. The van der Waals surface area contributed by atoms with Gasteiger partial charge in [-0.05, 0) is 6.07 Å². The van der Waals surface area contributed by atoms with E-state index in [0.717, 1.165) is 0 Å². The van der Waals surface area contributed by atoms with E-state index in [4.69, 9.17) is 22.1 Å². The molecule has 8 heteroatoms. The third kappa shape index (κ3) is 2.32. The molecular weight excluding hydrogens is 292 g/mol. The van der Waals surface area contributed by atoms with Crippen molar-refractivity contribution in [2.45, 2.75) is 6.11 Å². The second-order valence-corrected chi connectivity index (χ2v) is 4.54. The number of nitrogens with two attached hydrogens (primary N) is 1. The summed E-state index contributed by atoms with van der Waals surface area (Å²) in [5.41, 5.74) is 6.39. The van der Waals surface area contributed by atoms with Crippen LogP contribution in [0, 0.1) is 0 Å². The van der Waals surface area contributed by atoms with Crippen LogP contribution in [0.5, 0.6) is 11.5 Å². The lowest BCUT2D eigenvalue weighted by atomic mass is 10.1. The molecule has 2 aromatic rings. The van der Waals surface area contributed by atoms with Gasteiger partial charge in [0, 0.05) is 11.6 Å². The van der Waals surface area contributed by atoms with Crippen molar-refractivity contribution in [3.63, 3.8) is 0 Å². The largest absolute Gasteiger partial charge is 0.479 e. The van der Waals surface area contributed by atoms with Crippen molar-refractivity contribution in [3.05, 3.63) is 29.5 Å². The molecule has 1 aliphatic rings. The van der Waals surface area contributed by atoms with Crippen LogP contribution < -0.4 is 15.2 Å². The second kappa shape index (κ2) is 4.45. The summed E-state index contributed by atoms with van der Waals surface area (Å²) in [6.07, 6.45) is -0.559. The number of ether oxygens (including phenoxy) is 2. The van der Waals surface area contributed by atoms with Gasteiger partial charge < -0.3 is 15.2 Å². The minimum Gasteiger partial charge on any atom is -0.479 e. The van der Waals surface area contributed by atoms with Gasteiger partial charge in [-0.2, -0.15) is 8.78 Å². The molecule has 0 spiro atoms. The normalized spacial score (nSPS) is 15.9. The Hall–Kier alpha value is -2.15. The number of benzene rings is 1. The molecule has 0 bridgehead atoms. The molecule has 0 radical (unpaired) electrons. The van der Waals surface area contributed by atoms with Gasteiger partial charge in [-0.3, -0.25) is 4.98 Å². The summed E-state index contributed by atoms with van der Waals surface area (Å²) in [6, 6.07) is 2.74. The number of rotatable bonds is 1. The minimum atomic E-state index is -3.36. The molecule has 20 heavy (non-hydrogen) atoms. The van der Waals surface area contributed by atoms with Gasteiger partial charge in [0.05, 0.1) is 23.1 Å². The Labute approximate surface area is 117 Å². The van der Waals surface area contributed by atoms with Crippen molar-refractivity contribution in [2.75, 3.05) is 12.3 Å². The maximum Gasteiger partial charge on any atom is 0.433 e. The summed E-state index contributed by atoms with van der Waals surface area (Å²) < 4.78 is 35.6. The van der Waals surface area contributed by atoms with Crippen molar-refractivity contribution in [1.82, 2.24) is 9.97 Å². The fourth-order valence-corrected chi connectivity index (χ4v) is 2.00. The zero-order valence-corrected chi connectivity index (χ0v) is 10.7. The zero-order valence-electron chi connectivity index (χ0n) is 9.94. The van der Waals surface area contributed by atoms with E-state index < -0.39 is 12.7 Å². The Balaban J connectivity index is 2.04. The van der Waals surface area contributed by atoms with Gasteiger partial charge in [0.1, 0.15) is 5.82 Å². The average Bonchev–Trinajstić information content (AvgIpc) is 2.38. The fraction of sp³-hybridized carbons (Fsp3) is 0.167.